The van der Waals surface area contributed by atoms with Gasteiger partial charge < -0.3 is 4.74 Å². The summed E-state index contributed by atoms with van der Waals surface area (Å²) in [7, 11) is 0. The fourth-order valence-corrected chi connectivity index (χ4v) is 2.87. The molecule has 2 atom stereocenters. The lowest BCUT2D eigenvalue weighted by Gasteiger charge is -2.40. The molecule has 17 heavy (non-hydrogen) atoms. The average molecular weight is 237 g/mol. The van der Waals surface area contributed by atoms with Crippen LogP contribution >= 0.6 is 0 Å². The zero-order chi connectivity index (χ0) is 12.6. The molecular formula is C14H23NO2. The van der Waals surface area contributed by atoms with Gasteiger partial charge in [0.2, 0.25) is 0 Å². The van der Waals surface area contributed by atoms with E-state index in [9.17, 15) is 4.79 Å². The maximum absolute atomic E-state index is 12.0. The Balaban J connectivity index is 2.02. The van der Waals surface area contributed by atoms with E-state index in [0.29, 0.717) is 5.92 Å². The lowest BCUT2D eigenvalue weighted by Crippen LogP contribution is -2.48. The van der Waals surface area contributed by atoms with E-state index in [2.05, 4.69) is 26.0 Å². The minimum Gasteiger partial charge on any atom is -0.447 e. The first-order valence-electron chi connectivity index (χ1n) is 6.66. The normalized spacial score (nSPS) is 31.4. The summed E-state index contributed by atoms with van der Waals surface area (Å²) in [5.41, 5.74) is 0. The van der Waals surface area contributed by atoms with Gasteiger partial charge in [-0.15, -0.1) is 0 Å². The number of rotatable bonds is 2. The lowest BCUT2D eigenvalue weighted by atomic mass is 9.82. The highest BCUT2D eigenvalue weighted by Gasteiger charge is 2.41. The Bertz CT molecular complexity index is 306. The van der Waals surface area contributed by atoms with E-state index < -0.39 is 0 Å². The van der Waals surface area contributed by atoms with Crippen LogP contribution in [0.2, 0.25) is 0 Å². The summed E-state index contributed by atoms with van der Waals surface area (Å²) < 4.78 is 5.31. The number of hydrogen-bond acceptors (Lipinski definition) is 2. The fraction of sp³-hybridized carbons (Fsp3) is 0.786. The number of piperidine rings is 1. The molecule has 2 heterocycles. The molecular weight excluding hydrogens is 214 g/mol. The van der Waals surface area contributed by atoms with Crippen molar-refractivity contribution < 1.29 is 9.53 Å². The van der Waals surface area contributed by atoms with E-state index >= 15 is 0 Å². The molecule has 0 radical (unpaired) electrons. The molecule has 3 heteroatoms. The van der Waals surface area contributed by atoms with Gasteiger partial charge >= 0.3 is 6.09 Å². The van der Waals surface area contributed by atoms with Gasteiger partial charge in [0.05, 0.1) is 18.2 Å². The van der Waals surface area contributed by atoms with Gasteiger partial charge in [-0.2, -0.15) is 0 Å². The molecule has 1 amide bonds. The molecule has 0 aromatic heterocycles. The zero-order valence-electron chi connectivity index (χ0n) is 11.2. The molecule has 0 aliphatic carbocycles. The number of ether oxygens (including phenoxy) is 1. The first-order valence-corrected chi connectivity index (χ1v) is 6.66. The van der Waals surface area contributed by atoms with Crippen molar-refractivity contribution in [3.8, 4) is 0 Å². The molecule has 2 unspecified atom stereocenters. The molecule has 1 saturated heterocycles. The van der Waals surface area contributed by atoms with Crippen LogP contribution < -0.4 is 0 Å². The summed E-state index contributed by atoms with van der Waals surface area (Å²) in [6.07, 6.45) is 6.32. The zero-order valence-corrected chi connectivity index (χ0v) is 11.2. The second-order valence-corrected chi connectivity index (χ2v) is 5.83. The van der Waals surface area contributed by atoms with E-state index in [1.54, 1.807) is 0 Å². The standard InChI is InChI=1S/C14H23NO2/c1-9(2)11-7-12-5-6-13(8-11)15(12)14(16)17-10(3)4/h5-6,9-13H,7-8H2,1-4H3. The SMILES string of the molecule is CC(C)OC(=O)N1C2C=CC1CC(C(C)C)C2. The van der Waals surface area contributed by atoms with Crippen LogP contribution in [0.1, 0.15) is 40.5 Å². The Kier molecular flexibility index (Phi) is 3.45. The maximum atomic E-state index is 12.0. The van der Waals surface area contributed by atoms with E-state index in [-0.39, 0.29) is 24.3 Å². The third-order valence-electron chi connectivity index (χ3n) is 3.85. The summed E-state index contributed by atoms with van der Waals surface area (Å²) in [6, 6.07) is 0.514. The van der Waals surface area contributed by atoms with Gasteiger partial charge in [0.15, 0.2) is 0 Å². The van der Waals surface area contributed by atoms with Crippen LogP contribution in [0.25, 0.3) is 0 Å². The number of nitrogens with zero attached hydrogens (tertiary/aromatic N) is 1. The van der Waals surface area contributed by atoms with Crippen LogP contribution in [-0.4, -0.2) is 29.2 Å². The average Bonchev–Trinajstić information content (AvgIpc) is 2.48. The van der Waals surface area contributed by atoms with Gasteiger partial charge in [0, 0.05) is 0 Å². The molecule has 2 rings (SSSR count). The molecule has 0 spiro atoms. The Morgan fingerprint density at radius 3 is 2.12 bits per heavy atom. The minimum absolute atomic E-state index is 0.0373. The molecule has 2 bridgehead atoms. The second-order valence-electron chi connectivity index (χ2n) is 5.83. The predicted octanol–water partition coefficient (Wildman–Crippen LogP) is 3.21. The molecule has 2 aliphatic rings. The first kappa shape index (κ1) is 12.5. The van der Waals surface area contributed by atoms with Gasteiger partial charge in [0.1, 0.15) is 0 Å². The fourth-order valence-electron chi connectivity index (χ4n) is 2.87. The van der Waals surface area contributed by atoms with Gasteiger partial charge in [-0.25, -0.2) is 4.79 Å². The maximum Gasteiger partial charge on any atom is 0.411 e. The van der Waals surface area contributed by atoms with Gasteiger partial charge in [-0.05, 0) is 38.5 Å². The molecule has 0 N–H and O–H groups in total. The van der Waals surface area contributed by atoms with E-state index in [1.165, 1.54) is 0 Å². The van der Waals surface area contributed by atoms with Crippen LogP contribution in [0.3, 0.4) is 0 Å². The summed E-state index contributed by atoms with van der Waals surface area (Å²) in [5, 5.41) is 0. The monoisotopic (exact) mass is 237 g/mol. The molecule has 1 fully saturated rings. The van der Waals surface area contributed by atoms with Crippen molar-refractivity contribution in [2.24, 2.45) is 11.8 Å². The third kappa shape index (κ3) is 2.48. The number of carbonyl (C=O) groups excluding carboxylic acids is 1. The highest BCUT2D eigenvalue weighted by Crippen LogP contribution is 2.37. The van der Waals surface area contributed by atoms with Crippen LogP contribution in [0, 0.1) is 11.8 Å². The topological polar surface area (TPSA) is 29.5 Å². The van der Waals surface area contributed by atoms with Gasteiger partial charge in [-0.3, -0.25) is 4.90 Å². The van der Waals surface area contributed by atoms with Crippen LogP contribution in [0.5, 0.6) is 0 Å². The first-order chi connectivity index (χ1) is 7.99. The van der Waals surface area contributed by atoms with Crippen LogP contribution in [0.15, 0.2) is 12.2 Å². The number of carbonyl (C=O) groups is 1. The molecule has 0 aromatic rings. The van der Waals surface area contributed by atoms with E-state index in [0.717, 1.165) is 18.8 Å². The summed E-state index contributed by atoms with van der Waals surface area (Å²) in [6.45, 7) is 8.33. The highest BCUT2D eigenvalue weighted by molar-refractivity contribution is 5.70. The summed E-state index contributed by atoms with van der Waals surface area (Å²) in [5.74, 6) is 1.42. The predicted molar refractivity (Wildman–Crippen MR) is 67.7 cm³/mol. The van der Waals surface area contributed by atoms with Crippen molar-refractivity contribution in [1.29, 1.82) is 0 Å². The Morgan fingerprint density at radius 2 is 1.71 bits per heavy atom. The molecule has 0 aromatic carbocycles. The summed E-state index contributed by atoms with van der Waals surface area (Å²) in [4.78, 5) is 13.9. The van der Waals surface area contributed by atoms with Crippen molar-refractivity contribution in [2.75, 3.05) is 0 Å². The van der Waals surface area contributed by atoms with Crippen molar-refractivity contribution >= 4 is 6.09 Å². The van der Waals surface area contributed by atoms with E-state index in [1.807, 2.05) is 18.7 Å². The molecule has 96 valence electrons. The smallest absolute Gasteiger partial charge is 0.411 e. The number of amides is 1. The van der Waals surface area contributed by atoms with Crippen molar-refractivity contribution in [2.45, 2.75) is 58.7 Å². The minimum atomic E-state index is -0.151. The van der Waals surface area contributed by atoms with Crippen molar-refractivity contribution in [3.63, 3.8) is 0 Å². The van der Waals surface area contributed by atoms with Crippen molar-refractivity contribution in [1.82, 2.24) is 4.90 Å². The summed E-state index contributed by atoms with van der Waals surface area (Å²) >= 11 is 0. The lowest BCUT2D eigenvalue weighted by molar-refractivity contribution is 0.0401. The van der Waals surface area contributed by atoms with E-state index in [4.69, 9.17) is 4.74 Å². The Labute approximate surface area is 104 Å². The largest absolute Gasteiger partial charge is 0.447 e. The van der Waals surface area contributed by atoms with Crippen molar-refractivity contribution in [3.05, 3.63) is 12.2 Å². The van der Waals surface area contributed by atoms with Gasteiger partial charge in [0.25, 0.3) is 0 Å². The quantitative estimate of drug-likeness (QED) is 0.690. The molecule has 3 nitrogen and oxygen atoms in total. The second kappa shape index (κ2) is 4.71. The number of hydrogen-bond donors (Lipinski definition) is 0. The molecule has 0 saturated carbocycles. The Morgan fingerprint density at radius 1 is 1.18 bits per heavy atom. The van der Waals surface area contributed by atoms with Gasteiger partial charge in [-0.1, -0.05) is 26.0 Å². The highest BCUT2D eigenvalue weighted by atomic mass is 16.6. The van der Waals surface area contributed by atoms with Crippen LogP contribution in [-0.2, 0) is 4.74 Å². The number of fused-ring (bicyclic) bond motifs is 2. The molecule has 2 aliphatic heterocycles. The Hall–Kier alpha value is -0.990. The third-order valence-corrected chi connectivity index (χ3v) is 3.85. The van der Waals surface area contributed by atoms with Crippen LogP contribution in [0.4, 0.5) is 4.79 Å².